The molecule has 6 nitrogen and oxygen atoms in total. The Morgan fingerprint density at radius 2 is 1.94 bits per heavy atom. The SMILES string of the molecule is CN(C)CCN(c1ccc(CN)cn1)S(C)(=O)=O. The van der Waals surface area contributed by atoms with Crippen molar-refractivity contribution in [1.82, 2.24) is 9.88 Å². The van der Waals surface area contributed by atoms with E-state index < -0.39 is 10.0 Å². The van der Waals surface area contributed by atoms with Crippen LogP contribution < -0.4 is 10.0 Å². The van der Waals surface area contributed by atoms with Crippen LogP contribution in [-0.4, -0.2) is 51.7 Å². The second-order valence-corrected chi connectivity index (χ2v) is 6.27. The molecule has 2 N–H and O–H groups in total. The van der Waals surface area contributed by atoms with Crippen LogP contribution in [0.5, 0.6) is 0 Å². The Morgan fingerprint density at radius 3 is 2.33 bits per heavy atom. The molecule has 0 saturated carbocycles. The molecule has 0 aliphatic rings. The van der Waals surface area contributed by atoms with E-state index in [-0.39, 0.29) is 0 Å². The lowest BCUT2D eigenvalue weighted by atomic mass is 10.3. The zero-order chi connectivity index (χ0) is 13.8. The summed E-state index contributed by atoms with van der Waals surface area (Å²) >= 11 is 0. The maximum Gasteiger partial charge on any atom is 0.233 e. The van der Waals surface area contributed by atoms with E-state index in [9.17, 15) is 8.42 Å². The number of hydrogen-bond acceptors (Lipinski definition) is 5. The maximum absolute atomic E-state index is 11.7. The number of rotatable bonds is 6. The Morgan fingerprint density at radius 1 is 1.28 bits per heavy atom. The van der Waals surface area contributed by atoms with Gasteiger partial charge in [0, 0.05) is 25.8 Å². The average Bonchev–Trinajstić information content (AvgIpc) is 2.28. The number of aromatic nitrogens is 1. The third-order valence-corrected chi connectivity index (χ3v) is 3.62. The fourth-order valence-electron chi connectivity index (χ4n) is 1.43. The topological polar surface area (TPSA) is 79.5 Å². The predicted molar refractivity (Wildman–Crippen MR) is 72.9 cm³/mol. The van der Waals surface area contributed by atoms with Gasteiger partial charge in [0.15, 0.2) is 0 Å². The van der Waals surface area contributed by atoms with E-state index >= 15 is 0 Å². The van der Waals surface area contributed by atoms with Crippen LogP contribution in [0.4, 0.5) is 5.82 Å². The highest BCUT2D eigenvalue weighted by molar-refractivity contribution is 7.92. The number of pyridine rings is 1. The monoisotopic (exact) mass is 272 g/mol. The molecule has 1 aromatic rings. The minimum Gasteiger partial charge on any atom is -0.326 e. The highest BCUT2D eigenvalue weighted by atomic mass is 32.2. The smallest absolute Gasteiger partial charge is 0.233 e. The van der Waals surface area contributed by atoms with Crippen molar-refractivity contribution >= 4 is 15.8 Å². The van der Waals surface area contributed by atoms with Gasteiger partial charge >= 0.3 is 0 Å². The second-order valence-electron chi connectivity index (χ2n) is 4.37. The molecule has 7 heteroatoms. The lowest BCUT2D eigenvalue weighted by molar-refractivity contribution is 0.419. The Labute approximate surface area is 108 Å². The van der Waals surface area contributed by atoms with Crippen molar-refractivity contribution in [3.05, 3.63) is 23.9 Å². The van der Waals surface area contributed by atoms with Gasteiger partial charge in [-0.2, -0.15) is 0 Å². The molecule has 0 aromatic carbocycles. The standard InChI is InChI=1S/C11H20N4O2S/c1-14(2)6-7-15(18(3,16)17)11-5-4-10(8-12)9-13-11/h4-5,9H,6-8,12H2,1-3H3. The first-order valence-corrected chi connectivity index (χ1v) is 7.47. The minimum atomic E-state index is -3.32. The lowest BCUT2D eigenvalue weighted by Crippen LogP contribution is -2.36. The number of hydrogen-bond donors (Lipinski definition) is 1. The van der Waals surface area contributed by atoms with Crippen LogP contribution in [0.2, 0.25) is 0 Å². The van der Waals surface area contributed by atoms with Crippen LogP contribution in [0.25, 0.3) is 0 Å². The molecule has 0 unspecified atom stereocenters. The van der Waals surface area contributed by atoms with Gasteiger partial charge in [0.2, 0.25) is 10.0 Å². The molecule has 0 atom stereocenters. The number of nitrogens with zero attached hydrogens (tertiary/aromatic N) is 3. The zero-order valence-corrected chi connectivity index (χ0v) is 11.8. The van der Waals surface area contributed by atoms with Crippen molar-refractivity contribution in [2.45, 2.75) is 6.54 Å². The third kappa shape index (κ3) is 4.25. The number of anilines is 1. The summed E-state index contributed by atoms with van der Waals surface area (Å²) in [5, 5.41) is 0. The van der Waals surface area contributed by atoms with Crippen LogP contribution in [0.15, 0.2) is 18.3 Å². The molecule has 0 fully saturated rings. The third-order valence-electron chi connectivity index (χ3n) is 2.45. The van der Waals surface area contributed by atoms with Crippen molar-refractivity contribution in [3.63, 3.8) is 0 Å². The summed E-state index contributed by atoms with van der Waals surface area (Å²) in [6.45, 7) is 1.40. The summed E-state index contributed by atoms with van der Waals surface area (Å²) in [5.74, 6) is 0.427. The molecule has 102 valence electrons. The van der Waals surface area contributed by atoms with Crippen LogP contribution in [0.3, 0.4) is 0 Å². The molecule has 0 saturated heterocycles. The molecule has 0 radical (unpaired) electrons. The van der Waals surface area contributed by atoms with Gasteiger partial charge < -0.3 is 10.6 Å². The normalized spacial score (nSPS) is 11.8. The van der Waals surface area contributed by atoms with Crippen molar-refractivity contribution in [1.29, 1.82) is 0 Å². The molecule has 1 heterocycles. The van der Waals surface area contributed by atoms with E-state index in [1.165, 1.54) is 10.6 Å². The summed E-state index contributed by atoms with van der Waals surface area (Å²) in [6.07, 6.45) is 2.78. The minimum absolute atomic E-state index is 0.376. The zero-order valence-electron chi connectivity index (χ0n) is 11.0. The van der Waals surface area contributed by atoms with Gasteiger partial charge in [-0.1, -0.05) is 6.07 Å². The summed E-state index contributed by atoms with van der Waals surface area (Å²) < 4.78 is 24.8. The number of sulfonamides is 1. The lowest BCUT2D eigenvalue weighted by Gasteiger charge is -2.23. The number of likely N-dealkylation sites (N-methyl/N-ethyl adjacent to an activating group) is 1. The highest BCUT2D eigenvalue weighted by Gasteiger charge is 2.18. The summed E-state index contributed by atoms with van der Waals surface area (Å²) in [6, 6.07) is 3.47. The van der Waals surface area contributed by atoms with E-state index in [1.54, 1.807) is 18.3 Å². The largest absolute Gasteiger partial charge is 0.326 e. The van der Waals surface area contributed by atoms with Crippen LogP contribution in [0.1, 0.15) is 5.56 Å². The van der Waals surface area contributed by atoms with E-state index in [0.29, 0.717) is 25.5 Å². The van der Waals surface area contributed by atoms with Crippen molar-refractivity contribution in [3.8, 4) is 0 Å². The van der Waals surface area contributed by atoms with Crippen LogP contribution >= 0.6 is 0 Å². The Hall–Kier alpha value is -1.18. The van der Waals surface area contributed by atoms with Gasteiger partial charge in [-0.25, -0.2) is 13.4 Å². The first kappa shape index (κ1) is 14.9. The Balaban J connectivity index is 2.95. The molecule has 0 amide bonds. The molecule has 0 aliphatic carbocycles. The molecule has 1 rings (SSSR count). The summed E-state index contributed by atoms with van der Waals surface area (Å²) in [7, 11) is 0.468. The van der Waals surface area contributed by atoms with Gasteiger partial charge in [0.1, 0.15) is 5.82 Å². The molecule has 0 spiro atoms. The van der Waals surface area contributed by atoms with Gasteiger partial charge in [-0.3, -0.25) is 4.31 Å². The van der Waals surface area contributed by atoms with Gasteiger partial charge in [0.25, 0.3) is 0 Å². The molecular formula is C11H20N4O2S. The van der Waals surface area contributed by atoms with Gasteiger partial charge in [-0.15, -0.1) is 0 Å². The second kappa shape index (κ2) is 6.12. The van der Waals surface area contributed by atoms with Crippen molar-refractivity contribution in [2.24, 2.45) is 5.73 Å². The van der Waals surface area contributed by atoms with Crippen LogP contribution in [0, 0.1) is 0 Å². The van der Waals surface area contributed by atoms with E-state index in [2.05, 4.69) is 4.98 Å². The summed E-state index contributed by atoms with van der Waals surface area (Å²) in [4.78, 5) is 6.07. The van der Waals surface area contributed by atoms with Crippen molar-refractivity contribution < 1.29 is 8.42 Å². The summed E-state index contributed by atoms with van der Waals surface area (Å²) in [5.41, 5.74) is 6.36. The first-order chi connectivity index (χ1) is 8.34. The van der Waals surface area contributed by atoms with Gasteiger partial charge in [0.05, 0.1) is 6.26 Å². The van der Waals surface area contributed by atoms with E-state index in [4.69, 9.17) is 5.73 Å². The quantitative estimate of drug-likeness (QED) is 0.780. The molecular weight excluding hydrogens is 252 g/mol. The maximum atomic E-state index is 11.7. The highest BCUT2D eigenvalue weighted by Crippen LogP contribution is 2.14. The van der Waals surface area contributed by atoms with Crippen molar-refractivity contribution in [2.75, 3.05) is 37.7 Å². The Bertz CT molecular complexity index is 470. The van der Waals surface area contributed by atoms with Gasteiger partial charge in [-0.05, 0) is 25.7 Å². The van der Waals surface area contributed by atoms with E-state index in [1.807, 2.05) is 19.0 Å². The van der Waals surface area contributed by atoms with Crippen LogP contribution in [-0.2, 0) is 16.6 Å². The fraction of sp³-hybridized carbons (Fsp3) is 0.545. The molecule has 18 heavy (non-hydrogen) atoms. The molecule has 1 aromatic heterocycles. The first-order valence-electron chi connectivity index (χ1n) is 5.62. The average molecular weight is 272 g/mol. The van der Waals surface area contributed by atoms with E-state index in [0.717, 1.165) is 5.56 Å². The molecule has 0 bridgehead atoms. The fourth-order valence-corrected chi connectivity index (χ4v) is 2.29. The predicted octanol–water partition coefficient (Wildman–Crippen LogP) is -0.132. The molecule has 0 aliphatic heterocycles. The number of nitrogens with two attached hydrogens (primary N) is 1. The Kier molecular flexibility index (Phi) is 5.06.